The van der Waals surface area contributed by atoms with Crippen molar-refractivity contribution in [3.05, 3.63) is 42.5 Å². The molecule has 1 aliphatic rings. The number of hydrogen-bond donors (Lipinski definition) is 1. The summed E-state index contributed by atoms with van der Waals surface area (Å²) in [7, 11) is -2.12. The summed E-state index contributed by atoms with van der Waals surface area (Å²) in [6, 6.07) is 11.9. The minimum absolute atomic E-state index is 0.145. The molecule has 10 heteroatoms. The first kappa shape index (κ1) is 22.5. The third-order valence-corrected chi connectivity index (χ3v) is 6.28. The third-order valence-electron chi connectivity index (χ3n) is 4.54. The number of carbonyl (C=O) groups excluding carboxylic acids is 1. The van der Waals surface area contributed by atoms with Crippen molar-refractivity contribution in [2.45, 2.75) is 6.92 Å². The van der Waals surface area contributed by atoms with Gasteiger partial charge in [0.2, 0.25) is 15.9 Å². The van der Waals surface area contributed by atoms with E-state index in [1.54, 1.807) is 49.6 Å². The highest BCUT2D eigenvalue weighted by molar-refractivity contribution is 7.92. The Balaban J connectivity index is 1.60. The van der Waals surface area contributed by atoms with E-state index in [4.69, 9.17) is 18.9 Å². The van der Waals surface area contributed by atoms with Crippen molar-refractivity contribution in [1.29, 1.82) is 0 Å². The van der Waals surface area contributed by atoms with Crippen LogP contribution in [0, 0.1) is 0 Å². The number of nitrogens with zero attached hydrogens (tertiary/aromatic N) is 1. The van der Waals surface area contributed by atoms with Crippen molar-refractivity contribution < 1.29 is 32.2 Å². The maximum atomic E-state index is 12.6. The number of sulfonamides is 1. The lowest BCUT2D eigenvalue weighted by molar-refractivity contribution is -0.119. The first-order valence-electron chi connectivity index (χ1n) is 9.86. The number of rotatable bonds is 10. The Morgan fingerprint density at radius 3 is 2.58 bits per heavy atom. The Morgan fingerprint density at radius 2 is 1.84 bits per heavy atom. The Bertz CT molecular complexity index is 1010. The van der Waals surface area contributed by atoms with Gasteiger partial charge in [-0.15, -0.1) is 0 Å². The zero-order valence-electron chi connectivity index (χ0n) is 17.5. The summed E-state index contributed by atoms with van der Waals surface area (Å²) in [6.07, 6.45) is 0. The standard InChI is InChI=1S/C21H26N2O7S/c1-3-31(25,26)23(16-7-8-19-20(13-16)30-12-11-29-19)15-21(24)22-9-10-28-18-6-4-5-17(14-18)27-2/h4-8,13-14H,3,9-12,15H2,1-2H3,(H,22,24). The molecule has 0 spiro atoms. The van der Waals surface area contributed by atoms with E-state index in [2.05, 4.69) is 5.32 Å². The lowest BCUT2D eigenvalue weighted by Gasteiger charge is -2.25. The fourth-order valence-electron chi connectivity index (χ4n) is 2.93. The molecule has 1 heterocycles. The van der Waals surface area contributed by atoms with Gasteiger partial charge in [0.1, 0.15) is 37.9 Å². The minimum Gasteiger partial charge on any atom is -0.497 e. The van der Waals surface area contributed by atoms with Crippen LogP contribution >= 0.6 is 0 Å². The molecule has 168 valence electrons. The second-order valence-corrected chi connectivity index (χ2v) is 8.79. The van der Waals surface area contributed by atoms with Crippen LogP contribution in [0.3, 0.4) is 0 Å². The van der Waals surface area contributed by atoms with Gasteiger partial charge >= 0.3 is 0 Å². The number of fused-ring (bicyclic) bond motifs is 1. The molecule has 0 saturated heterocycles. The molecule has 3 rings (SSSR count). The lowest BCUT2D eigenvalue weighted by Crippen LogP contribution is -2.42. The zero-order chi connectivity index (χ0) is 22.3. The van der Waals surface area contributed by atoms with Crippen LogP contribution in [0.1, 0.15) is 6.92 Å². The molecule has 1 N–H and O–H groups in total. The molecule has 31 heavy (non-hydrogen) atoms. The van der Waals surface area contributed by atoms with Crippen LogP contribution in [0.4, 0.5) is 5.69 Å². The largest absolute Gasteiger partial charge is 0.497 e. The lowest BCUT2D eigenvalue weighted by atomic mass is 10.2. The molecular weight excluding hydrogens is 424 g/mol. The average molecular weight is 451 g/mol. The summed E-state index contributed by atoms with van der Waals surface area (Å²) < 4.78 is 48.0. The molecule has 9 nitrogen and oxygen atoms in total. The van der Waals surface area contributed by atoms with Crippen molar-refractivity contribution >= 4 is 21.6 Å². The topological polar surface area (TPSA) is 103 Å². The van der Waals surface area contributed by atoms with Gasteiger partial charge in [-0.05, 0) is 31.2 Å². The summed E-state index contributed by atoms with van der Waals surface area (Å²) in [5.74, 6) is 1.69. The smallest absolute Gasteiger partial charge is 0.240 e. The van der Waals surface area contributed by atoms with Gasteiger partial charge in [0.25, 0.3) is 0 Å². The number of methoxy groups -OCH3 is 1. The molecule has 0 saturated carbocycles. The molecule has 1 amide bonds. The zero-order valence-corrected chi connectivity index (χ0v) is 18.3. The molecule has 0 fully saturated rings. The number of nitrogens with one attached hydrogen (secondary N) is 1. The van der Waals surface area contributed by atoms with Crippen molar-refractivity contribution in [2.75, 3.05) is 50.1 Å². The number of anilines is 1. The number of amides is 1. The molecule has 0 atom stereocenters. The fraction of sp³-hybridized carbons (Fsp3) is 0.381. The SMILES string of the molecule is CCS(=O)(=O)N(CC(=O)NCCOc1cccc(OC)c1)c1ccc2c(c1)OCCO2. The molecule has 0 radical (unpaired) electrons. The quantitative estimate of drug-likeness (QED) is 0.551. The van der Waals surface area contributed by atoms with Gasteiger partial charge in [-0.3, -0.25) is 9.10 Å². The second-order valence-electron chi connectivity index (χ2n) is 6.61. The molecule has 2 aromatic rings. The Labute approximate surface area is 181 Å². The number of carbonyl (C=O) groups is 1. The van der Waals surface area contributed by atoms with Crippen molar-refractivity contribution in [1.82, 2.24) is 5.32 Å². The molecular formula is C21H26N2O7S. The average Bonchev–Trinajstić information content (AvgIpc) is 2.80. The molecule has 0 unspecified atom stereocenters. The summed E-state index contributed by atoms with van der Waals surface area (Å²) in [4.78, 5) is 12.4. The van der Waals surface area contributed by atoms with Gasteiger partial charge in [0.15, 0.2) is 11.5 Å². The van der Waals surface area contributed by atoms with Gasteiger partial charge in [-0.2, -0.15) is 0 Å². The number of ether oxygens (including phenoxy) is 4. The van der Waals surface area contributed by atoms with Crippen LogP contribution in [0.2, 0.25) is 0 Å². The van der Waals surface area contributed by atoms with Crippen LogP contribution in [-0.2, 0) is 14.8 Å². The van der Waals surface area contributed by atoms with E-state index in [-0.39, 0.29) is 25.4 Å². The van der Waals surface area contributed by atoms with Crippen molar-refractivity contribution in [3.63, 3.8) is 0 Å². The highest BCUT2D eigenvalue weighted by Crippen LogP contribution is 2.34. The summed E-state index contributed by atoms with van der Waals surface area (Å²) in [5.41, 5.74) is 0.342. The van der Waals surface area contributed by atoms with Crippen LogP contribution in [0.5, 0.6) is 23.0 Å². The van der Waals surface area contributed by atoms with E-state index in [0.29, 0.717) is 41.9 Å². The van der Waals surface area contributed by atoms with Crippen LogP contribution in [0.25, 0.3) is 0 Å². The minimum atomic E-state index is -3.69. The third kappa shape index (κ3) is 5.94. The van der Waals surface area contributed by atoms with Crippen LogP contribution < -0.4 is 28.6 Å². The Hall–Kier alpha value is -3.14. The molecule has 1 aliphatic heterocycles. The van der Waals surface area contributed by atoms with E-state index < -0.39 is 15.9 Å². The highest BCUT2D eigenvalue weighted by atomic mass is 32.2. The molecule has 0 bridgehead atoms. The first-order valence-corrected chi connectivity index (χ1v) is 11.5. The molecule has 0 aromatic heterocycles. The fourth-order valence-corrected chi connectivity index (χ4v) is 3.99. The monoisotopic (exact) mass is 450 g/mol. The Morgan fingerprint density at radius 1 is 1.10 bits per heavy atom. The summed E-state index contributed by atoms with van der Waals surface area (Å²) >= 11 is 0. The van der Waals surface area contributed by atoms with Crippen molar-refractivity contribution in [3.8, 4) is 23.0 Å². The van der Waals surface area contributed by atoms with Gasteiger partial charge in [0, 0.05) is 12.1 Å². The normalized spacial score (nSPS) is 12.7. The number of hydrogen-bond acceptors (Lipinski definition) is 7. The van der Waals surface area contributed by atoms with Gasteiger partial charge in [-0.1, -0.05) is 6.07 Å². The summed E-state index contributed by atoms with van der Waals surface area (Å²) in [6.45, 7) is 2.43. The van der Waals surface area contributed by atoms with E-state index in [1.807, 2.05) is 0 Å². The highest BCUT2D eigenvalue weighted by Gasteiger charge is 2.25. The Kier molecular flexibility index (Phi) is 7.45. The van der Waals surface area contributed by atoms with E-state index in [1.165, 1.54) is 6.92 Å². The van der Waals surface area contributed by atoms with Gasteiger partial charge in [0.05, 0.1) is 25.1 Å². The molecule has 2 aromatic carbocycles. The summed E-state index contributed by atoms with van der Waals surface area (Å²) in [5, 5.41) is 2.68. The maximum absolute atomic E-state index is 12.6. The number of benzene rings is 2. The second kappa shape index (κ2) is 10.3. The molecule has 0 aliphatic carbocycles. The van der Waals surface area contributed by atoms with Crippen LogP contribution in [0.15, 0.2) is 42.5 Å². The first-order chi connectivity index (χ1) is 14.9. The van der Waals surface area contributed by atoms with Crippen LogP contribution in [-0.4, -0.2) is 60.1 Å². The van der Waals surface area contributed by atoms with E-state index in [0.717, 1.165) is 4.31 Å². The van der Waals surface area contributed by atoms with Gasteiger partial charge < -0.3 is 24.3 Å². The van der Waals surface area contributed by atoms with E-state index in [9.17, 15) is 13.2 Å². The predicted molar refractivity (Wildman–Crippen MR) is 116 cm³/mol. The van der Waals surface area contributed by atoms with Crippen molar-refractivity contribution in [2.24, 2.45) is 0 Å². The van der Waals surface area contributed by atoms with E-state index >= 15 is 0 Å². The maximum Gasteiger partial charge on any atom is 0.240 e. The predicted octanol–water partition coefficient (Wildman–Crippen LogP) is 1.82. The van der Waals surface area contributed by atoms with Gasteiger partial charge in [-0.25, -0.2) is 8.42 Å².